The Bertz CT molecular complexity index is 2210. The lowest BCUT2D eigenvalue weighted by Crippen LogP contribution is -2.05. The van der Waals surface area contributed by atoms with Gasteiger partial charge in [-0.15, -0.1) is 0 Å². The summed E-state index contributed by atoms with van der Waals surface area (Å²) in [5, 5.41) is 23.2. The molecule has 0 aliphatic carbocycles. The van der Waals surface area contributed by atoms with Gasteiger partial charge in [0.05, 0.1) is 19.8 Å². The predicted octanol–water partition coefficient (Wildman–Crippen LogP) is 12.9. The summed E-state index contributed by atoms with van der Waals surface area (Å²) in [6, 6.07) is 35.1. The molecule has 0 aliphatic heterocycles. The van der Waals surface area contributed by atoms with Crippen molar-refractivity contribution in [1.82, 2.24) is 0 Å². The normalized spacial score (nSPS) is 10.9. The summed E-state index contributed by atoms with van der Waals surface area (Å²) >= 11 is 0. The van der Waals surface area contributed by atoms with Crippen molar-refractivity contribution in [3.05, 3.63) is 148 Å². The number of hydrogen-bond donors (Lipinski definition) is 2. The van der Waals surface area contributed by atoms with Crippen LogP contribution >= 0.6 is 0 Å². The summed E-state index contributed by atoms with van der Waals surface area (Å²) in [5.74, 6) is 1.27. The molecule has 4 nitrogen and oxygen atoms in total. The molecule has 274 valence electrons. The molecule has 6 aromatic rings. The van der Waals surface area contributed by atoms with Crippen molar-refractivity contribution >= 4 is 0 Å². The molecule has 6 rings (SSSR count). The number of benzene rings is 6. The Kier molecular flexibility index (Phi) is 12.8. The first kappa shape index (κ1) is 38.9. The third-order valence-corrected chi connectivity index (χ3v) is 9.56. The van der Waals surface area contributed by atoms with E-state index in [0.717, 1.165) is 94.8 Å². The van der Waals surface area contributed by atoms with E-state index < -0.39 is 0 Å². The molecule has 0 heterocycles. The third-order valence-electron chi connectivity index (χ3n) is 9.56. The molecule has 0 aromatic heterocycles. The maximum Gasteiger partial charge on any atom is 0.131 e. The molecule has 0 spiro atoms. The average molecular weight is 707 g/mol. The largest absolute Gasteiger partial charge is 0.507 e. The van der Waals surface area contributed by atoms with Crippen LogP contribution in [0.3, 0.4) is 0 Å². The summed E-state index contributed by atoms with van der Waals surface area (Å²) < 4.78 is 12.5. The van der Waals surface area contributed by atoms with E-state index in [-0.39, 0.29) is 11.5 Å². The molecule has 0 atom stereocenters. The van der Waals surface area contributed by atoms with Crippen LogP contribution in [0.1, 0.15) is 64.8 Å². The Labute approximate surface area is 316 Å². The van der Waals surface area contributed by atoms with Gasteiger partial charge >= 0.3 is 0 Å². The van der Waals surface area contributed by atoms with E-state index >= 15 is 0 Å². The number of ether oxygens (including phenoxy) is 2. The van der Waals surface area contributed by atoms with Crippen LogP contribution in [0.2, 0.25) is 0 Å². The first-order valence-corrected chi connectivity index (χ1v) is 18.7. The van der Waals surface area contributed by atoms with Crippen LogP contribution < -0.4 is 4.74 Å². The first-order chi connectivity index (χ1) is 25.5. The molecular formula is C49H54O4. The maximum absolute atomic E-state index is 11.6. The second-order valence-electron chi connectivity index (χ2n) is 14.0. The molecular weight excluding hydrogens is 653 g/mol. The first-order valence-electron chi connectivity index (χ1n) is 18.7. The van der Waals surface area contributed by atoms with Gasteiger partial charge in [0.1, 0.15) is 17.2 Å². The molecule has 4 heteroatoms. The van der Waals surface area contributed by atoms with Crippen LogP contribution in [-0.2, 0) is 11.3 Å². The summed E-state index contributed by atoms with van der Waals surface area (Å²) in [4.78, 5) is 0. The van der Waals surface area contributed by atoms with Gasteiger partial charge in [-0.2, -0.15) is 0 Å². The standard InChI is InChI=1S/C47H48O4.C2H6/c1-29-13-16-34(6)38(21-29)42-25-32(4)24-41(46(42)48)37-12-9-8-11-36(37)28-50-19-10-20-51-45-18-15-31(3)23-40(45)44-27-33(5)26-43(47(44)49)39-22-30(2)14-17-35(39)7;1-2/h8-9,11-18,21-27,48-49H,10,19-20,28H2,1-7H3;1-2H3. The molecule has 0 aliphatic rings. The smallest absolute Gasteiger partial charge is 0.131 e. The zero-order valence-corrected chi connectivity index (χ0v) is 32.9. The van der Waals surface area contributed by atoms with Crippen LogP contribution in [0.15, 0.2) is 103 Å². The molecule has 0 radical (unpaired) electrons. The Balaban J connectivity index is 0.00000266. The van der Waals surface area contributed by atoms with Gasteiger partial charge in [0.2, 0.25) is 0 Å². The van der Waals surface area contributed by atoms with Crippen molar-refractivity contribution in [3.63, 3.8) is 0 Å². The number of aryl methyl sites for hydroxylation is 7. The molecule has 0 bridgehead atoms. The van der Waals surface area contributed by atoms with Crippen LogP contribution in [0.5, 0.6) is 17.2 Å². The van der Waals surface area contributed by atoms with Gasteiger partial charge in [-0.25, -0.2) is 0 Å². The summed E-state index contributed by atoms with van der Waals surface area (Å²) in [7, 11) is 0. The minimum atomic E-state index is 0.257. The Morgan fingerprint density at radius 2 is 0.868 bits per heavy atom. The average Bonchev–Trinajstić information content (AvgIpc) is 3.15. The van der Waals surface area contributed by atoms with E-state index in [0.29, 0.717) is 26.2 Å². The van der Waals surface area contributed by atoms with Crippen LogP contribution in [0.25, 0.3) is 44.5 Å². The Hall–Kier alpha value is -5.32. The van der Waals surface area contributed by atoms with E-state index in [1.807, 2.05) is 50.2 Å². The fourth-order valence-corrected chi connectivity index (χ4v) is 6.85. The van der Waals surface area contributed by atoms with E-state index in [9.17, 15) is 10.2 Å². The van der Waals surface area contributed by atoms with Crippen molar-refractivity contribution in [2.75, 3.05) is 13.2 Å². The summed E-state index contributed by atoms with van der Waals surface area (Å²) in [6.45, 7) is 19.9. The molecule has 6 aromatic carbocycles. The van der Waals surface area contributed by atoms with Crippen LogP contribution in [0.4, 0.5) is 0 Å². The van der Waals surface area contributed by atoms with E-state index in [2.05, 4.69) is 115 Å². The highest BCUT2D eigenvalue weighted by Crippen LogP contribution is 2.44. The number of aromatic hydroxyl groups is 2. The predicted molar refractivity (Wildman–Crippen MR) is 222 cm³/mol. The minimum absolute atomic E-state index is 0.257. The van der Waals surface area contributed by atoms with Gasteiger partial charge in [-0.05, 0) is 129 Å². The van der Waals surface area contributed by atoms with Gasteiger partial charge in [0.25, 0.3) is 0 Å². The van der Waals surface area contributed by atoms with Gasteiger partial charge in [-0.1, -0.05) is 97.3 Å². The topological polar surface area (TPSA) is 58.9 Å². The van der Waals surface area contributed by atoms with Crippen molar-refractivity contribution in [1.29, 1.82) is 0 Å². The van der Waals surface area contributed by atoms with Crippen molar-refractivity contribution < 1.29 is 19.7 Å². The molecule has 0 unspecified atom stereocenters. The highest BCUT2D eigenvalue weighted by molar-refractivity contribution is 5.87. The zero-order chi connectivity index (χ0) is 38.2. The number of rotatable bonds is 11. The van der Waals surface area contributed by atoms with E-state index in [4.69, 9.17) is 9.47 Å². The highest BCUT2D eigenvalue weighted by Gasteiger charge is 2.19. The lowest BCUT2D eigenvalue weighted by molar-refractivity contribution is 0.107. The second-order valence-corrected chi connectivity index (χ2v) is 14.0. The molecule has 2 N–H and O–H groups in total. The fourth-order valence-electron chi connectivity index (χ4n) is 6.85. The Morgan fingerprint density at radius 1 is 0.434 bits per heavy atom. The quantitative estimate of drug-likeness (QED) is 0.132. The molecule has 0 amide bonds. The number of phenolic OH excluding ortho intramolecular Hbond substituents is 2. The SMILES string of the molecule is CC.Cc1ccc(C)c(-c2cc(C)cc(-c3ccccc3COCCCOc3ccc(C)cc3-c3cc(C)cc(-c4cc(C)ccc4C)c3O)c2O)c1. The minimum Gasteiger partial charge on any atom is -0.507 e. The summed E-state index contributed by atoms with van der Waals surface area (Å²) in [5.41, 5.74) is 16.0. The monoisotopic (exact) mass is 706 g/mol. The molecule has 53 heavy (non-hydrogen) atoms. The van der Waals surface area contributed by atoms with Crippen LogP contribution in [-0.4, -0.2) is 23.4 Å². The molecule has 0 saturated heterocycles. The number of phenols is 2. The van der Waals surface area contributed by atoms with Crippen LogP contribution in [0, 0.1) is 48.5 Å². The van der Waals surface area contributed by atoms with Gasteiger partial charge in [0.15, 0.2) is 0 Å². The zero-order valence-electron chi connectivity index (χ0n) is 32.9. The van der Waals surface area contributed by atoms with E-state index in [1.54, 1.807) is 0 Å². The fraction of sp³-hybridized carbons (Fsp3) is 0.265. The highest BCUT2D eigenvalue weighted by atomic mass is 16.5. The molecule has 0 fully saturated rings. The number of hydrogen-bond acceptors (Lipinski definition) is 4. The van der Waals surface area contributed by atoms with Gasteiger partial charge in [0, 0.05) is 34.2 Å². The van der Waals surface area contributed by atoms with E-state index in [1.165, 1.54) is 0 Å². The van der Waals surface area contributed by atoms with Crippen molar-refractivity contribution in [2.45, 2.75) is 75.3 Å². The van der Waals surface area contributed by atoms with Crippen molar-refractivity contribution in [2.24, 2.45) is 0 Å². The maximum atomic E-state index is 11.6. The summed E-state index contributed by atoms with van der Waals surface area (Å²) in [6.07, 6.45) is 0.690. The van der Waals surface area contributed by atoms with Gasteiger partial charge < -0.3 is 19.7 Å². The lowest BCUT2D eigenvalue weighted by atomic mass is 9.90. The second kappa shape index (κ2) is 17.5. The van der Waals surface area contributed by atoms with Crippen molar-refractivity contribution in [3.8, 4) is 61.8 Å². The lowest BCUT2D eigenvalue weighted by Gasteiger charge is -2.18. The molecule has 0 saturated carbocycles. The Morgan fingerprint density at radius 3 is 1.42 bits per heavy atom. The third kappa shape index (κ3) is 9.01. The van der Waals surface area contributed by atoms with Gasteiger partial charge in [-0.3, -0.25) is 0 Å².